The number of aromatic nitrogens is 2. The highest BCUT2D eigenvalue weighted by Gasteiger charge is 2.04. The Balaban J connectivity index is 2.90. The first kappa shape index (κ1) is 11.7. The molecule has 1 heterocycles. The van der Waals surface area contributed by atoms with Crippen molar-refractivity contribution in [3.05, 3.63) is 11.9 Å². The van der Waals surface area contributed by atoms with Gasteiger partial charge in [-0.1, -0.05) is 0 Å². The summed E-state index contributed by atoms with van der Waals surface area (Å²) in [5, 5.41) is 3.01. The Hall–Kier alpha value is -1.36. The van der Waals surface area contributed by atoms with Crippen molar-refractivity contribution in [3.63, 3.8) is 0 Å². The number of anilines is 2. The van der Waals surface area contributed by atoms with Crippen LogP contribution < -0.4 is 10.2 Å². The molecule has 0 spiro atoms. The summed E-state index contributed by atoms with van der Waals surface area (Å²) in [7, 11) is 5.74. The molecule has 0 saturated heterocycles. The van der Waals surface area contributed by atoms with Crippen molar-refractivity contribution in [2.45, 2.75) is 13.5 Å². The SMILES string of the molecule is CCOCc1nc(NC)cc(N(C)C)n1. The van der Waals surface area contributed by atoms with E-state index in [0.717, 1.165) is 11.6 Å². The van der Waals surface area contributed by atoms with Crippen molar-refractivity contribution in [3.8, 4) is 0 Å². The maximum absolute atomic E-state index is 5.28. The summed E-state index contributed by atoms with van der Waals surface area (Å²) >= 11 is 0. The van der Waals surface area contributed by atoms with Gasteiger partial charge in [0.25, 0.3) is 0 Å². The van der Waals surface area contributed by atoms with Crippen LogP contribution in [0.2, 0.25) is 0 Å². The van der Waals surface area contributed by atoms with Crippen LogP contribution in [-0.4, -0.2) is 37.7 Å². The molecule has 1 aromatic rings. The topological polar surface area (TPSA) is 50.3 Å². The number of rotatable bonds is 5. The maximum Gasteiger partial charge on any atom is 0.158 e. The molecule has 0 unspecified atom stereocenters. The molecule has 1 N–H and O–H groups in total. The lowest BCUT2D eigenvalue weighted by Crippen LogP contribution is -2.13. The molecule has 1 aromatic heterocycles. The molecule has 0 radical (unpaired) electrons. The molecular weight excluding hydrogens is 192 g/mol. The van der Waals surface area contributed by atoms with Gasteiger partial charge in [-0.2, -0.15) is 0 Å². The predicted octanol–water partition coefficient (Wildman–Crippen LogP) is 1.12. The molecule has 0 fully saturated rings. The Kier molecular flexibility index (Phi) is 4.30. The third kappa shape index (κ3) is 3.36. The van der Waals surface area contributed by atoms with Gasteiger partial charge in [-0.05, 0) is 6.92 Å². The summed E-state index contributed by atoms with van der Waals surface area (Å²) in [6.45, 7) is 3.08. The van der Waals surface area contributed by atoms with Gasteiger partial charge in [-0.15, -0.1) is 0 Å². The van der Waals surface area contributed by atoms with E-state index in [1.165, 1.54) is 0 Å². The van der Waals surface area contributed by atoms with E-state index >= 15 is 0 Å². The summed E-state index contributed by atoms with van der Waals surface area (Å²) in [6, 6.07) is 1.90. The van der Waals surface area contributed by atoms with Crippen LogP contribution in [-0.2, 0) is 11.3 Å². The van der Waals surface area contributed by atoms with Crippen LogP contribution in [0.1, 0.15) is 12.7 Å². The second kappa shape index (κ2) is 5.50. The Bertz CT molecular complexity index is 314. The molecular formula is C10H18N4O. The normalized spacial score (nSPS) is 10.1. The minimum atomic E-state index is 0.451. The van der Waals surface area contributed by atoms with Gasteiger partial charge in [0.15, 0.2) is 5.82 Å². The zero-order valence-electron chi connectivity index (χ0n) is 9.74. The molecule has 0 atom stereocenters. The quantitative estimate of drug-likeness (QED) is 0.789. The molecule has 5 heteroatoms. The monoisotopic (exact) mass is 210 g/mol. The average molecular weight is 210 g/mol. The maximum atomic E-state index is 5.28. The number of hydrogen-bond donors (Lipinski definition) is 1. The molecule has 0 aliphatic rings. The Labute approximate surface area is 90.5 Å². The van der Waals surface area contributed by atoms with Gasteiger partial charge in [0.1, 0.15) is 18.2 Å². The molecule has 0 aliphatic heterocycles. The van der Waals surface area contributed by atoms with Crippen molar-refractivity contribution < 1.29 is 4.74 Å². The van der Waals surface area contributed by atoms with Crippen LogP contribution in [0.25, 0.3) is 0 Å². The molecule has 0 aliphatic carbocycles. The summed E-state index contributed by atoms with van der Waals surface area (Å²) < 4.78 is 5.28. The molecule has 0 bridgehead atoms. The summed E-state index contributed by atoms with van der Waals surface area (Å²) in [6.07, 6.45) is 0. The van der Waals surface area contributed by atoms with E-state index in [1.807, 2.05) is 39.0 Å². The standard InChI is InChI=1S/C10H18N4O/c1-5-15-7-9-12-8(11-2)6-10(13-9)14(3)4/h6H,5,7H2,1-4H3,(H,11,12,13). The van der Waals surface area contributed by atoms with Gasteiger partial charge in [-0.25, -0.2) is 9.97 Å². The highest BCUT2D eigenvalue weighted by atomic mass is 16.5. The smallest absolute Gasteiger partial charge is 0.158 e. The molecule has 84 valence electrons. The van der Waals surface area contributed by atoms with Crippen LogP contribution in [0, 0.1) is 0 Å². The van der Waals surface area contributed by atoms with Crippen LogP contribution in [0.3, 0.4) is 0 Å². The molecule has 5 nitrogen and oxygen atoms in total. The van der Waals surface area contributed by atoms with E-state index in [9.17, 15) is 0 Å². The lowest BCUT2D eigenvalue weighted by Gasteiger charge is -2.13. The van der Waals surface area contributed by atoms with Gasteiger partial charge in [-0.3, -0.25) is 0 Å². The second-order valence-corrected chi connectivity index (χ2v) is 3.31. The van der Waals surface area contributed by atoms with E-state index in [-0.39, 0.29) is 0 Å². The first-order valence-corrected chi connectivity index (χ1v) is 4.98. The zero-order chi connectivity index (χ0) is 11.3. The first-order valence-electron chi connectivity index (χ1n) is 4.98. The molecule has 0 aromatic carbocycles. The van der Waals surface area contributed by atoms with Crippen LogP contribution in [0.5, 0.6) is 0 Å². The summed E-state index contributed by atoms with van der Waals surface area (Å²) in [5.41, 5.74) is 0. The number of nitrogens with one attached hydrogen (secondary N) is 1. The van der Waals surface area contributed by atoms with Gasteiger partial charge in [0, 0.05) is 33.8 Å². The highest BCUT2D eigenvalue weighted by molar-refractivity contribution is 5.48. The van der Waals surface area contributed by atoms with E-state index in [4.69, 9.17) is 4.74 Å². The van der Waals surface area contributed by atoms with E-state index < -0.39 is 0 Å². The number of hydrogen-bond acceptors (Lipinski definition) is 5. The fourth-order valence-electron chi connectivity index (χ4n) is 1.10. The summed E-state index contributed by atoms with van der Waals surface area (Å²) in [5.74, 6) is 2.39. The Morgan fingerprint density at radius 3 is 2.67 bits per heavy atom. The Morgan fingerprint density at radius 1 is 1.40 bits per heavy atom. The third-order valence-corrected chi connectivity index (χ3v) is 1.91. The highest BCUT2D eigenvalue weighted by Crippen LogP contribution is 2.13. The van der Waals surface area contributed by atoms with Gasteiger partial charge in [0.2, 0.25) is 0 Å². The molecule has 0 amide bonds. The third-order valence-electron chi connectivity index (χ3n) is 1.91. The minimum absolute atomic E-state index is 0.451. The first-order chi connectivity index (χ1) is 7.17. The van der Waals surface area contributed by atoms with Crippen LogP contribution >= 0.6 is 0 Å². The average Bonchev–Trinajstić information content (AvgIpc) is 2.25. The van der Waals surface area contributed by atoms with Crippen molar-refractivity contribution in [2.75, 3.05) is 38.0 Å². The van der Waals surface area contributed by atoms with E-state index in [0.29, 0.717) is 19.0 Å². The van der Waals surface area contributed by atoms with Gasteiger partial charge >= 0.3 is 0 Å². The number of nitrogens with zero attached hydrogens (tertiary/aromatic N) is 3. The molecule has 0 saturated carbocycles. The van der Waals surface area contributed by atoms with E-state index in [2.05, 4.69) is 15.3 Å². The van der Waals surface area contributed by atoms with Crippen molar-refractivity contribution >= 4 is 11.6 Å². The van der Waals surface area contributed by atoms with Crippen molar-refractivity contribution in [1.29, 1.82) is 0 Å². The van der Waals surface area contributed by atoms with Gasteiger partial charge < -0.3 is 15.0 Å². The lowest BCUT2D eigenvalue weighted by atomic mass is 10.4. The second-order valence-electron chi connectivity index (χ2n) is 3.31. The zero-order valence-corrected chi connectivity index (χ0v) is 9.74. The predicted molar refractivity (Wildman–Crippen MR) is 61.2 cm³/mol. The fourth-order valence-corrected chi connectivity index (χ4v) is 1.10. The summed E-state index contributed by atoms with van der Waals surface area (Å²) in [4.78, 5) is 10.6. The number of ether oxygens (including phenoxy) is 1. The van der Waals surface area contributed by atoms with Crippen LogP contribution in [0.4, 0.5) is 11.6 Å². The fraction of sp³-hybridized carbons (Fsp3) is 0.600. The van der Waals surface area contributed by atoms with E-state index in [1.54, 1.807) is 0 Å². The van der Waals surface area contributed by atoms with Crippen molar-refractivity contribution in [1.82, 2.24) is 9.97 Å². The van der Waals surface area contributed by atoms with Crippen LogP contribution in [0.15, 0.2) is 6.07 Å². The van der Waals surface area contributed by atoms with Gasteiger partial charge in [0.05, 0.1) is 0 Å². The Morgan fingerprint density at radius 2 is 2.13 bits per heavy atom. The molecule has 15 heavy (non-hydrogen) atoms. The minimum Gasteiger partial charge on any atom is -0.374 e. The largest absolute Gasteiger partial charge is 0.374 e. The lowest BCUT2D eigenvalue weighted by molar-refractivity contribution is 0.128. The molecule has 1 rings (SSSR count). The van der Waals surface area contributed by atoms with Crippen molar-refractivity contribution in [2.24, 2.45) is 0 Å².